The van der Waals surface area contributed by atoms with Crippen LogP contribution in [0.1, 0.15) is 25.0 Å². The SMILES string of the molecule is CCNC(=O)C[NH+](CC)CC(=O)N1CCN(S(=O)(=O)c2ccc(C)cc2C)CC1. The Morgan fingerprint density at radius 1 is 1.07 bits per heavy atom. The topological polar surface area (TPSA) is 91.2 Å². The minimum absolute atomic E-state index is 0.0466. The highest BCUT2D eigenvalue weighted by atomic mass is 32.2. The summed E-state index contributed by atoms with van der Waals surface area (Å²) in [6.45, 7) is 10.5. The lowest BCUT2D eigenvalue weighted by atomic mass is 10.2. The molecule has 1 saturated heterocycles. The number of carbonyl (C=O) groups is 2. The maximum atomic E-state index is 13.0. The predicted molar refractivity (Wildman–Crippen MR) is 111 cm³/mol. The Kier molecular flexibility index (Phi) is 8.18. The molecule has 8 nitrogen and oxygen atoms in total. The monoisotopic (exact) mass is 425 g/mol. The van der Waals surface area contributed by atoms with Crippen molar-refractivity contribution in [1.29, 1.82) is 0 Å². The lowest BCUT2D eigenvalue weighted by molar-refractivity contribution is -0.882. The number of sulfonamides is 1. The van der Waals surface area contributed by atoms with Gasteiger partial charge < -0.3 is 15.1 Å². The van der Waals surface area contributed by atoms with E-state index >= 15 is 0 Å². The summed E-state index contributed by atoms with van der Waals surface area (Å²) in [7, 11) is -3.57. The van der Waals surface area contributed by atoms with Gasteiger partial charge in [0.2, 0.25) is 10.0 Å². The molecule has 0 aliphatic carbocycles. The van der Waals surface area contributed by atoms with Crippen LogP contribution in [-0.4, -0.2) is 81.8 Å². The van der Waals surface area contributed by atoms with Crippen LogP contribution >= 0.6 is 0 Å². The highest BCUT2D eigenvalue weighted by molar-refractivity contribution is 7.89. The first-order valence-electron chi connectivity index (χ1n) is 10.1. The lowest BCUT2D eigenvalue weighted by Crippen LogP contribution is -3.14. The average Bonchev–Trinajstić information content (AvgIpc) is 2.67. The first-order valence-corrected chi connectivity index (χ1v) is 11.6. The number of nitrogens with one attached hydrogen (secondary N) is 2. The Bertz CT molecular complexity index is 833. The Morgan fingerprint density at radius 2 is 1.72 bits per heavy atom. The fraction of sp³-hybridized carbons (Fsp3) is 0.600. The van der Waals surface area contributed by atoms with Crippen LogP contribution < -0.4 is 10.2 Å². The number of hydrogen-bond acceptors (Lipinski definition) is 4. The fourth-order valence-corrected chi connectivity index (χ4v) is 5.16. The number of carbonyl (C=O) groups excluding carboxylic acids is 2. The maximum Gasteiger partial charge on any atom is 0.277 e. The van der Waals surface area contributed by atoms with E-state index in [1.165, 1.54) is 4.31 Å². The van der Waals surface area contributed by atoms with Gasteiger partial charge in [0.1, 0.15) is 0 Å². The minimum Gasteiger partial charge on any atom is -0.351 e. The smallest absolute Gasteiger partial charge is 0.277 e. The molecule has 1 heterocycles. The van der Waals surface area contributed by atoms with Gasteiger partial charge in [0.25, 0.3) is 11.8 Å². The third-order valence-corrected chi connectivity index (χ3v) is 7.28. The zero-order chi connectivity index (χ0) is 21.6. The first-order chi connectivity index (χ1) is 13.7. The van der Waals surface area contributed by atoms with Gasteiger partial charge in [0.05, 0.1) is 11.4 Å². The Balaban J connectivity index is 1.95. The maximum absolute atomic E-state index is 13.0. The third-order valence-electron chi connectivity index (χ3n) is 5.23. The number of nitrogens with zero attached hydrogens (tertiary/aromatic N) is 2. The predicted octanol–water partition coefficient (Wildman–Crippen LogP) is -0.823. The van der Waals surface area contributed by atoms with E-state index in [1.807, 2.05) is 26.8 Å². The molecule has 1 fully saturated rings. The van der Waals surface area contributed by atoms with Crippen LogP contribution in [-0.2, 0) is 19.6 Å². The highest BCUT2D eigenvalue weighted by Crippen LogP contribution is 2.22. The van der Waals surface area contributed by atoms with E-state index in [4.69, 9.17) is 0 Å². The van der Waals surface area contributed by atoms with Gasteiger partial charge in [-0.05, 0) is 39.3 Å². The summed E-state index contributed by atoms with van der Waals surface area (Å²) < 4.78 is 27.4. The number of quaternary nitrogens is 1. The molecule has 2 amide bonds. The van der Waals surface area contributed by atoms with Crippen LogP contribution in [0.5, 0.6) is 0 Å². The van der Waals surface area contributed by atoms with Gasteiger partial charge in [0, 0.05) is 32.7 Å². The zero-order valence-corrected chi connectivity index (χ0v) is 18.6. The Morgan fingerprint density at radius 3 is 2.28 bits per heavy atom. The average molecular weight is 426 g/mol. The molecular formula is C20H33N4O4S+. The van der Waals surface area contributed by atoms with E-state index in [1.54, 1.807) is 24.0 Å². The van der Waals surface area contributed by atoms with Crippen molar-refractivity contribution in [1.82, 2.24) is 14.5 Å². The van der Waals surface area contributed by atoms with Crippen LogP contribution in [0, 0.1) is 13.8 Å². The quantitative estimate of drug-likeness (QED) is 0.569. The van der Waals surface area contributed by atoms with Crippen molar-refractivity contribution in [2.75, 3.05) is 52.4 Å². The van der Waals surface area contributed by atoms with E-state index in [9.17, 15) is 18.0 Å². The van der Waals surface area contributed by atoms with E-state index in [-0.39, 0.29) is 38.0 Å². The summed E-state index contributed by atoms with van der Waals surface area (Å²) >= 11 is 0. The van der Waals surface area contributed by atoms with Gasteiger partial charge in [0.15, 0.2) is 13.1 Å². The summed E-state index contributed by atoms with van der Waals surface area (Å²) in [6, 6.07) is 5.32. The van der Waals surface area contributed by atoms with Crippen LogP contribution in [0.4, 0.5) is 0 Å². The van der Waals surface area contributed by atoms with Crippen LogP contribution in [0.3, 0.4) is 0 Å². The normalized spacial score (nSPS) is 16.5. The molecule has 29 heavy (non-hydrogen) atoms. The Labute approximate surface area is 173 Å². The van der Waals surface area contributed by atoms with Gasteiger partial charge in [-0.25, -0.2) is 8.42 Å². The zero-order valence-electron chi connectivity index (χ0n) is 17.8. The number of piperazine rings is 1. The molecule has 9 heteroatoms. The van der Waals surface area contributed by atoms with E-state index < -0.39 is 10.0 Å². The molecule has 0 aromatic heterocycles. The van der Waals surface area contributed by atoms with Gasteiger partial charge >= 0.3 is 0 Å². The molecule has 0 saturated carbocycles. The van der Waals surface area contributed by atoms with Crippen molar-refractivity contribution >= 4 is 21.8 Å². The molecule has 0 radical (unpaired) electrons. The van der Waals surface area contributed by atoms with E-state index in [0.717, 1.165) is 16.0 Å². The number of aryl methyl sites for hydroxylation is 2. The number of amides is 2. The molecule has 1 aliphatic heterocycles. The second kappa shape index (κ2) is 10.2. The van der Waals surface area contributed by atoms with Crippen molar-refractivity contribution in [3.05, 3.63) is 29.3 Å². The van der Waals surface area contributed by atoms with Crippen LogP contribution in [0.2, 0.25) is 0 Å². The minimum atomic E-state index is -3.57. The highest BCUT2D eigenvalue weighted by Gasteiger charge is 2.32. The van der Waals surface area contributed by atoms with Crippen molar-refractivity contribution in [3.63, 3.8) is 0 Å². The van der Waals surface area contributed by atoms with Crippen LogP contribution in [0.15, 0.2) is 23.1 Å². The number of hydrogen-bond donors (Lipinski definition) is 2. The summed E-state index contributed by atoms with van der Waals surface area (Å²) in [5, 5.41) is 2.75. The summed E-state index contributed by atoms with van der Waals surface area (Å²) in [5.74, 6) is -0.115. The molecule has 1 aliphatic rings. The Hall–Kier alpha value is -1.97. The fourth-order valence-electron chi connectivity index (χ4n) is 3.53. The molecule has 0 bridgehead atoms. The second-order valence-corrected chi connectivity index (χ2v) is 9.37. The summed E-state index contributed by atoms with van der Waals surface area (Å²) in [5.41, 5.74) is 1.75. The number of rotatable bonds is 8. The number of benzene rings is 1. The van der Waals surface area contributed by atoms with Crippen molar-refractivity contribution in [2.24, 2.45) is 0 Å². The molecule has 1 aromatic rings. The lowest BCUT2D eigenvalue weighted by Gasteiger charge is -2.34. The van der Waals surface area contributed by atoms with Gasteiger partial charge in [-0.3, -0.25) is 9.59 Å². The standard InChI is InChI=1S/C20H32N4O4S/c1-5-21-19(25)14-22(6-2)15-20(26)23-9-11-24(12-10-23)29(27,28)18-8-7-16(3)13-17(18)4/h7-8,13H,5-6,9-12,14-15H2,1-4H3,(H,21,25)/p+1. The second-order valence-electron chi connectivity index (χ2n) is 7.46. The molecular weight excluding hydrogens is 392 g/mol. The number of likely N-dealkylation sites (N-methyl/N-ethyl adjacent to an activating group) is 2. The molecule has 162 valence electrons. The van der Waals surface area contributed by atoms with Crippen molar-refractivity contribution in [3.8, 4) is 0 Å². The molecule has 1 atom stereocenters. The van der Waals surface area contributed by atoms with Gasteiger partial charge in [-0.1, -0.05) is 17.7 Å². The first kappa shape index (κ1) is 23.3. The van der Waals surface area contributed by atoms with Crippen molar-refractivity contribution < 1.29 is 22.9 Å². The molecule has 1 aromatic carbocycles. The molecule has 1 unspecified atom stereocenters. The molecule has 0 spiro atoms. The third kappa shape index (κ3) is 6.01. The summed E-state index contributed by atoms with van der Waals surface area (Å²) in [6.07, 6.45) is 0. The van der Waals surface area contributed by atoms with E-state index in [2.05, 4.69) is 5.32 Å². The van der Waals surface area contributed by atoms with Gasteiger partial charge in [-0.15, -0.1) is 0 Å². The largest absolute Gasteiger partial charge is 0.351 e. The van der Waals surface area contributed by atoms with Gasteiger partial charge in [-0.2, -0.15) is 4.31 Å². The van der Waals surface area contributed by atoms with E-state index in [0.29, 0.717) is 31.1 Å². The molecule has 2 rings (SSSR count). The molecule has 2 N–H and O–H groups in total. The van der Waals surface area contributed by atoms with Crippen LogP contribution in [0.25, 0.3) is 0 Å². The summed E-state index contributed by atoms with van der Waals surface area (Å²) in [4.78, 5) is 27.3. The van der Waals surface area contributed by atoms with Crippen molar-refractivity contribution in [2.45, 2.75) is 32.6 Å².